The lowest BCUT2D eigenvalue weighted by Gasteiger charge is -2.11. The maximum atomic E-state index is 13.5. The van der Waals surface area contributed by atoms with Crippen molar-refractivity contribution in [3.8, 4) is 6.07 Å². The van der Waals surface area contributed by atoms with Crippen molar-refractivity contribution in [2.24, 2.45) is 5.92 Å². The van der Waals surface area contributed by atoms with Crippen molar-refractivity contribution < 1.29 is 13.9 Å². The van der Waals surface area contributed by atoms with Crippen molar-refractivity contribution in [1.29, 1.82) is 5.26 Å². The largest absolute Gasteiger partial charge is 0.456 e. The smallest absolute Gasteiger partial charge is 0.324 e. The van der Waals surface area contributed by atoms with Crippen molar-refractivity contribution in [2.45, 2.75) is 12.5 Å². The van der Waals surface area contributed by atoms with E-state index in [2.05, 4.69) is 0 Å². The third-order valence-electron chi connectivity index (χ3n) is 2.47. The summed E-state index contributed by atoms with van der Waals surface area (Å²) in [6.07, 6.45) is -0.610. The predicted molar refractivity (Wildman–Crippen MR) is 54.0 cm³/mol. The van der Waals surface area contributed by atoms with E-state index in [1.165, 1.54) is 18.2 Å². The topological polar surface area (TPSA) is 50.1 Å². The number of esters is 1. The maximum Gasteiger partial charge on any atom is 0.324 e. The van der Waals surface area contributed by atoms with E-state index < -0.39 is 23.8 Å². The Hall–Kier alpha value is -1.60. The summed E-state index contributed by atoms with van der Waals surface area (Å²) in [5.74, 6) is -1.98. The minimum Gasteiger partial charge on any atom is -0.456 e. The van der Waals surface area contributed by atoms with Crippen LogP contribution in [0.25, 0.3) is 0 Å². The molecule has 1 aliphatic heterocycles. The van der Waals surface area contributed by atoms with Gasteiger partial charge in [-0.2, -0.15) is 5.26 Å². The highest BCUT2D eigenvalue weighted by Crippen LogP contribution is 2.37. The van der Waals surface area contributed by atoms with Gasteiger partial charge in [0.25, 0.3) is 0 Å². The highest BCUT2D eigenvalue weighted by molar-refractivity contribution is 6.31. The van der Waals surface area contributed by atoms with Crippen LogP contribution in [-0.2, 0) is 9.53 Å². The van der Waals surface area contributed by atoms with Gasteiger partial charge in [0.05, 0.1) is 11.1 Å². The molecular formula is C11H7ClFNO2. The number of carbonyl (C=O) groups excluding carboxylic acids is 1. The number of cyclic esters (lactones) is 1. The number of hydrogen-bond acceptors (Lipinski definition) is 3. The fraction of sp³-hybridized carbons (Fsp3) is 0.273. The highest BCUT2D eigenvalue weighted by atomic mass is 35.5. The van der Waals surface area contributed by atoms with Crippen LogP contribution in [0.5, 0.6) is 0 Å². The van der Waals surface area contributed by atoms with Crippen LogP contribution in [0.3, 0.4) is 0 Å². The Morgan fingerprint density at radius 3 is 2.88 bits per heavy atom. The van der Waals surface area contributed by atoms with Gasteiger partial charge in [-0.1, -0.05) is 17.7 Å². The van der Waals surface area contributed by atoms with E-state index in [1.54, 1.807) is 0 Å². The maximum absolute atomic E-state index is 13.5. The van der Waals surface area contributed by atoms with Crippen molar-refractivity contribution in [2.75, 3.05) is 0 Å². The van der Waals surface area contributed by atoms with Gasteiger partial charge in [0, 0.05) is 12.0 Å². The minimum absolute atomic E-state index is 0.148. The molecule has 0 amide bonds. The standard InChI is InChI=1S/C11H7ClFNO2/c12-7-2-1-3-8(13)10(7)9-4-6(5-14)11(15)16-9/h1-3,6,9H,4H2. The van der Waals surface area contributed by atoms with Crippen LogP contribution in [0.4, 0.5) is 4.39 Å². The second-order valence-electron chi connectivity index (χ2n) is 3.48. The van der Waals surface area contributed by atoms with Gasteiger partial charge in [0.1, 0.15) is 17.8 Å². The van der Waals surface area contributed by atoms with E-state index in [0.717, 1.165) is 0 Å². The van der Waals surface area contributed by atoms with Gasteiger partial charge < -0.3 is 4.74 Å². The zero-order valence-electron chi connectivity index (χ0n) is 8.11. The number of halogens is 2. The third kappa shape index (κ3) is 1.74. The zero-order valence-corrected chi connectivity index (χ0v) is 8.87. The normalized spacial score (nSPS) is 23.9. The molecule has 2 rings (SSSR count). The van der Waals surface area contributed by atoms with E-state index in [9.17, 15) is 9.18 Å². The van der Waals surface area contributed by atoms with E-state index in [4.69, 9.17) is 21.6 Å². The number of nitriles is 1. The summed E-state index contributed by atoms with van der Waals surface area (Å²) in [5, 5.41) is 8.87. The number of rotatable bonds is 1. The lowest BCUT2D eigenvalue weighted by molar-refractivity contribution is -0.143. The molecule has 0 bridgehead atoms. The number of nitrogens with zero attached hydrogens (tertiary/aromatic N) is 1. The summed E-state index contributed by atoms with van der Waals surface area (Å²) in [6.45, 7) is 0. The number of ether oxygens (including phenoxy) is 1. The molecule has 1 aliphatic rings. The summed E-state index contributed by atoms with van der Waals surface area (Å²) in [7, 11) is 0. The van der Waals surface area contributed by atoms with E-state index >= 15 is 0 Å². The molecule has 2 atom stereocenters. The molecule has 1 saturated heterocycles. The van der Waals surface area contributed by atoms with Gasteiger partial charge in [0.15, 0.2) is 0 Å². The second kappa shape index (κ2) is 4.11. The van der Waals surface area contributed by atoms with Crippen LogP contribution in [0, 0.1) is 23.1 Å². The minimum atomic E-state index is -0.833. The fourth-order valence-electron chi connectivity index (χ4n) is 1.68. The quantitative estimate of drug-likeness (QED) is 0.708. The highest BCUT2D eigenvalue weighted by Gasteiger charge is 2.37. The average molecular weight is 240 g/mol. The average Bonchev–Trinajstić information content (AvgIpc) is 2.59. The van der Waals surface area contributed by atoms with Crippen LogP contribution in [-0.4, -0.2) is 5.97 Å². The van der Waals surface area contributed by atoms with E-state index in [-0.39, 0.29) is 17.0 Å². The fourth-order valence-corrected chi connectivity index (χ4v) is 1.97. The van der Waals surface area contributed by atoms with Gasteiger partial charge in [-0.25, -0.2) is 4.39 Å². The van der Waals surface area contributed by atoms with Crippen molar-refractivity contribution in [3.63, 3.8) is 0 Å². The lowest BCUT2D eigenvalue weighted by atomic mass is 10.0. The van der Waals surface area contributed by atoms with Crippen LogP contribution in [0.1, 0.15) is 18.1 Å². The van der Waals surface area contributed by atoms with Crippen molar-refractivity contribution >= 4 is 17.6 Å². The summed E-state index contributed by atoms with van der Waals surface area (Å²) >= 11 is 5.83. The molecule has 2 unspecified atom stereocenters. The molecule has 0 saturated carbocycles. The first kappa shape index (κ1) is 10.9. The number of hydrogen-bond donors (Lipinski definition) is 0. The summed E-state index contributed by atoms with van der Waals surface area (Å²) < 4.78 is 18.4. The van der Waals surface area contributed by atoms with Gasteiger partial charge in [-0.15, -0.1) is 0 Å². The molecule has 0 spiro atoms. The van der Waals surface area contributed by atoms with Crippen LogP contribution >= 0.6 is 11.6 Å². The first-order valence-electron chi connectivity index (χ1n) is 4.67. The molecule has 0 aliphatic carbocycles. The number of carbonyl (C=O) groups is 1. The molecular weight excluding hydrogens is 233 g/mol. The monoisotopic (exact) mass is 239 g/mol. The molecule has 1 heterocycles. The van der Waals surface area contributed by atoms with Gasteiger partial charge in [-0.3, -0.25) is 4.79 Å². The molecule has 82 valence electrons. The Balaban J connectivity index is 2.34. The molecule has 1 fully saturated rings. The van der Waals surface area contributed by atoms with Crippen molar-refractivity contribution in [1.82, 2.24) is 0 Å². The Morgan fingerprint density at radius 1 is 1.56 bits per heavy atom. The Morgan fingerprint density at radius 2 is 2.31 bits per heavy atom. The third-order valence-corrected chi connectivity index (χ3v) is 2.80. The Labute approximate surface area is 96.4 Å². The Kier molecular flexibility index (Phi) is 2.80. The molecule has 3 nitrogen and oxygen atoms in total. The first-order valence-corrected chi connectivity index (χ1v) is 5.05. The molecule has 1 aromatic rings. The Bertz CT molecular complexity index is 463. The van der Waals surface area contributed by atoms with Crippen LogP contribution in [0.2, 0.25) is 5.02 Å². The summed E-state index contributed by atoms with van der Waals surface area (Å²) in [6, 6.07) is 6.05. The van der Waals surface area contributed by atoms with E-state index in [1.807, 2.05) is 6.07 Å². The first-order chi connectivity index (χ1) is 7.63. The number of benzene rings is 1. The van der Waals surface area contributed by atoms with Crippen LogP contribution in [0.15, 0.2) is 18.2 Å². The molecule has 0 radical (unpaired) electrons. The predicted octanol–water partition coefficient (Wildman–Crippen LogP) is 2.61. The SMILES string of the molecule is N#CC1CC(c2c(F)cccc2Cl)OC1=O. The zero-order chi connectivity index (χ0) is 11.7. The molecule has 16 heavy (non-hydrogen) atoms. The molecule has 0 aromatic heterocycles. The van der Waals surface area contributed by atoms with Gasteiger partial charge in [0.2, 0.25) is 0 Å². The van der Waals surface area contributed by atoms with E-state index in [0.29, 0.717) is 0 Å². The van der Waals surface area contributed by atoms with Gasteiger partial charge >= 0.3 is 5.97 Å². The lowest BCUT2D eigenvalue weighted by Crippen LogP contribution is -2.04. The van der Waals surface area contributed by atoms with Crippen molar-refractivity contribution in [3.05, 3.63) is 34.6 Å². The molecule has 5 heteroatoms. The van der Waals surface area contributed by atoms with Crippen LogP contribution < -0.4 is 0 Å². The molecule has 0 N–H and O–H groups in total. The second-order valence-corrected chi connectivity index (χ2v) is 3.89. The summed E-state index contributed by atoms with van der Waals surface area (Å²) in [4.78, 5) is 11.2. The van der Waals surface area contributed by atoms with Gasteiger partial charge in [-0.05, 0) is 12.1 Å². The summed E-state index contributed by atoms with van der Waals surface area (Å²) in [5.41, 5.74) is 0.148. The molecule has 1 aromatic carbocycles.